The Hall–Kier alpha value is -3.81. The number of ether oxygens (including phenoxy) is 3. The number of carbonyl (C=O) groups excluding carboxylic acids is 1. The topological polar surface area (TPSA) is 77.0 Å². The third kappa shape index (κ3) is 4.76. The van der Waals surface area contributed by atoms with E-state index >= 15 is 0 Å². The number of aromatic nitrogens is 2. The van der Waals surface area contributed by atoms with E-state index in [1.165, 1.54) is 0 Å². The van der Waals surface area contributed by atoms with Crippen LogP contribution in [0.4, 0.5) is 5.82 Å². The van der Waals surface area contributed by atoms with E-state index in [0.29, 0.717) is 49.1 Å². The number of hydrogen-bond donors (Lipinski definition) is 0. The highest BCUT2D eigenvalue weighted by atomic mass is 16.5. The lowest BCUT2D eigenvalue weighted by molar-refractivity contribution is 0.0746. The van der Waals surface area contributed by atoms with Gasteiger partial charge in [-0.15, -0.1) is 10.2 Å². The third-order valence-electron chi connectivity index (χ3n) is 5.97. The quantitative estimate of drug-likeness (QED) is 0.552. The average molecular weight is 463 g/mol. The molecule has 0 saturated carbocycles. The molecule has 8 heteroatoms. The van der Waals surface area contributed by atoms with E-state index in [4.69, 9.17) is 14.2 Å². The highest BCUT2D eigenvalue weighted by Crippen LogP contribution is 2.40. The Labute approximate surface area is 200 Å². The van der Waals surface area contributed by atoms with Crippen LogP contribution in [0.5, 0.6) is 17.2 Å². The fourth-order valence-corrected chi connectivity index (χ4v) is 4.30. The van der Waals surface area contributed by atoms with Crippen molar-refractivity contribution >= 4 is 11.7 Å². The van der Waals surface area contributed by atoms with E-state index in [1.807, 2.05) is 55.1 Å². The van der Waals surface area contributed by atoms with Gasteiger partial charge < -0.3 is 24.0 Å². The Kier molecular flexibility index (Phi) is 6.86. The van der Waals surface area contributed by atoms with Crippen LogP contribution in [-0.2, 0) is 0 Å². The predicted octanol–water partition coefficient (Wildman–Crippen LogP) is 3.75. The number of rotatable bonds is 6. The summed E-state index contributed by atoms with van der Waals surface area (Å²) in [5, 5.41) is 8.87. The number of nitrogens with zero attached hydrogens (tertiary/aromatic N) is 4. The molecule has 1 aliphatic heterocycles. The van der Waals surface area contributed by atoms with E-state index in [0.717, 1.165) is 28.1 Å². The van der Waals surface area contributed by atoms with Crippen LogP contribution in [0.25, 0.3) is 11.3 Å². The van der Waals surface area contributed by atoms with Gasteiger partial charge in [0, 0.05) is 37.3 Å². The zero-order valence-electron chi connectivity index (χ0n) is 20.3. The zero-order valence-corrected chi connectivity index (χ0v) is 20.3. The Morgan fingerprint density at radius 1 is 0.794 bits per heavy atom. The first-order chi connectivity index (χ1) is 16.4. The number of methoxy groups -OCH3 is 3. The molecule has 2 heterocycles. The van der Waals surface area contributed by atoms with Crippen molar-refractivity contribution in [3.05, 3.63) is 59.2 Å². The Morgan fingerprint density at radius 3 is 1.91 bits per heavy atom. The van der Waals surface area contributed by atoms with Crippen LogP contribution < -0.4 is 19.1 Å². The van der Waals surface area contributed by atoms with Crippen molar-refractivity contribution in [3.8, 4) is 28.5 Å². The summed E-state index contributed by atoms with van der Waals surface area (Å²) in [6, 6.07) is 13.6. The molecule has 0 atom stereocenters. The molecule has 1 amide bonds. The van der Waals surface area contributed by atoms with Crippen molar-refractivity contribution in [3.63, 3.8) is 0 Å². The van der Waals surface area contributed by atoms with E-state index in [9.17, 15) is 4.79 Å². The van der Waals surface area contributed by atoms with E-state index in [-0.39, 0.29) is 5.91 Å². The molecule has 2 aromatic carbocycles. The minimum atomic E-state index is 0.0790. The molecular formula is C26H30N4O4. The van der Waals surface area contributed by atoms with Crippen LogP contribution in [-0.4, -0.2) is 68.5 Å². The standard InChI is InChI=1S/C26H30N4O4/c1-17-12-18(2)14-20(13-17)26(31)30-10-8-29(9-11-30)24-7-6-21(27-28-24)19-15-22(32-3)25(34-5)23(16-19)33-4/h6-7,12-16H,8-11H2,1-5H3. The van der Waals surface area contributed by atoms with Crippen molar-refractivity contribution < 1.29 is 19.0 Å². The van der Waals surface area contributed by atoms with Crippen LogP contribution in [0.3, 0.4) is 0 Å². The maximum absolute atomic E-state index is 12.9. The molecule has 0 aliphatic carbocycles. The fraction of sp³-hybridized carbons (Fsp3) is 0.346. The lowest BCUT2D eigenvalue weighted by Gasteiger charge is -2.35. The highest BCUT2D eigenvalue weighted by molar-refractivity contribution is 5.94. The molecule has 0 unspecified atom stereocenters. The van der Waals surface area contributed by atoms with Gasteiger partial charge in [-0.25, -0.2) is 0 Å². The van der Waals surface area contributed by atoms with Crippen molar-refractivity contribution in [2.24, 2.45) is 0 Å². The van der Waals surface area contributed by atoms with Gasteiger partial charge in [-0.3, -0.25) is 4.79 Å². The molecule has 1 aromatic heterocycles. The molecule has 3 aromatic rings. The maximum atomic E-state index is 12.9. The average Bonchev–Trinajstić information content (AvgIpc) is 2.87. The van der Waals surface area contributed by atoms with E-state index in [1.54, 1.807) is 21.3 Å². The van der Waals surface area contributed by atoms with Gasteiger partial charge >= 0.3 is 0 Å². The van der Waals surface area contributed by atoms with Gasteiger partial charge in [-0.05, 0) is 50.2 Å². The van der Waals surface area contributed by atoms with Gasteiger partial charge in [-0.2, -0.15) is 0 Å². The van der Waals surface area contributed by atoms with Crippen LogP contribution in [0.2, 0.25) is 0 Å². The summed E-state index contributed by atoms with van der Waals surface area (Å²) >= 11 is 0. The number of hydrogen-bond acceptors (Lipinski definition) is 7. The SMILES string of the molecule is COc1cc(-c2ccc(N3CCN(C(=O)c4cc(C)cc(C)c4)CC3)nn2)cc(OC)c1OC. The zero-order chi connectivity index (χ0) is 24.2. The largest absolute Gasteiger partial charge is 0.493 e. The van der Waals surface area contributed by atoms with Crippen LogP contribution in [0.15, 0.2) is 42.5 Å². The Balaban J connectivity index is 1.45. The van der Waals surface area contributed by atoms with E-state index < -0.39 is 0 Å². The number of piperazine rings is 1. The molecule has 1 fully saturated rings. The predicted molar refractivity (Wildman–Crippen MR) is 131 cm³/mol. The lowest BCUT2D eigenvalue weighted by atomic mass is 10.1. The van der Waals surface area contributed by atoms with Crippen molar-refractivity contribution in [1.29, 1.82) is 0 Å². The first-order valence-corrected chi connectivity index (χ1v) is 11.2. The minimum absolute atomic E-state index is 0.0790. The molecule has 178 valence electrons. The normalized spacial score (nSPS) is 13.6. The molecule has 0 spiro atoms. The number of benzene rings is 2. The minimum Gasteiger partial charge on any atom is -0.493 e. The Morgan fingerprint density at radius 2 is 1.41 bits per heavy atom. The first-order valence-electron chi connectivity index (χ1n) is 11.2. The molecule has 1 saturated heterocycles. The summed E-state index contributed by atoms with van der Waals surface area (Å²) in [5.41, 5.74) is 4.47. The molecular weight excluding hydrogens is 432 g/mol. The van der Waals surface area contributed by atoms with Gasteiger partial charge in [0.05, 0.1) is 27.0 Å². The summed E-state index contributed by atoms with van der Waals surface area (Å²) < 4.78 is 16.3. The van der Waals surface area contributed by atoms with Crippen molar-refractivity contribution in [2.45, 2.75) is 13.8 Å². The second kappa shape index (κ2) is 9.99. The summed E-state index contributed by atoms with van der Waals surface area (Å²) in [6.45, 7) is 6.72. The van der Waals surface area contributed by atoms with Crippen LogP contribution >= 0.6 is 0 Å². The van der Waals surface area contributed by atoms with Gasteiger partial charge in [-0.1, -0.05) is 17.2 Å². The summed E-state index contributed by atoms with van der Waals surface area (Å²) in [7, 11) is 4.74. The van der Waals surface area contributed by atoms with Gasteiger partial charge in [0.1, 0.15) is 0 Å². The summed E-state index contributed by atoms with van der Waals surface area (Å²) in [4.78, 5) is 17.0. The second-order valence-corrected chi connectivity index (χ2v) is 8.35. The second-order valence-electron chi connectivity index (χ2n) is 8.35. The molecule has 0 bridgehead atoms. The van der Waals surface area contributed by atoms with Crippen molar-refractivity contribution in [1.82, 2.24) is 15.1 Å². The van der Waals surface area contributed by atoms with Gasteiger partial charge in [0.2, 0.25) is 5.75 Å². The number of aryl methyl sites for hydroxylation is 2. The number of amides is 1. The molecule has 34 heavy (non-hydrogen) atoms. The van der Waals surface area contributed by atoms with E-state index in [2.05, 4.69) is 21.2 Å². The van der Waals surface area contributed by atoms with Crippen LogP contribution in [0.1, 0.15) is 21.5 Å². The fourth-order valence-electron chi connectivity index (χ4n) is 4.30. The lowest BCUT2D eigenvalue weighted by Crippen LogP contribution is -2.49. The maximum Gasteiger partial charge on any atom is 0.253 e. The Bertz CT molecular complexity index is 1130. The number of anilines is 1. The molecule has 0 radical (unpaired) electrons. The molecule has 0 N–H and O–H groups in total. The molecule has 4 rings (SSSR count). The van der Waals surface area contributed by atoms with Crippen molar-refractivity contribution in [2.75, 3.05) is 52.4 Å². The molecule has 8 nitrogen and oxygen atoms in total. The third-order valence-corrected chi connectivity index (χ3v) is 5.97. The molecule has 1 aliphatic rings. The summed E-state index contributed by atoms with van der Waals surface area (Å²) in [5.74, 6) is 2.52. The first kappa shape index (κ1) is 23.4. The highest BCUT2D eigenvalue weighted by Gasteiger charge is 2.23. The smallest absolute Gasteiger partial charge is 0.253 e. The monoisotopic (exact) mass is 462 g/mol. The van der Waals surface area contributed by atoms with Gasteiger partial charge in [0.15, 0.2) is 17.3 Å². The summed E-state index contributed by atoms with van der Waals surface area (Å²) in [6.07, 6.45) is 0. The van der Waals surface area contributed by atoms with Gasteiger partial charge in [0.25, 0.3) is 5.91 Å². The van der Waals surface area contributed by atoms with Crippen LogP contribution in [0, 0.1) is 13.8 Å². The number of carbonyl (C=O) groups is 1.